The van der Waals surface area contributed by atoms with Crippen molar-refractivity contribution in [3.05, 3.63) is 21.9 Å². The summed E-state index contributed by atoms with van der Waals surface area (Å²) >= 11 is 1.87. The second-order valence-electron chi connectivity index (χ2n) is 6.30. The van der Waals surface area contributed by atoms with Crippen LogP contribution < -0.4 is 11.1 Å². The third-order valence-electron chi connectivity index (χ3n) is 4.80. The molecule has 0 unspecified atom stereocenters. The van der Waals surface area contributed by atoms with Crippen molar-refractivity contribution in [2.45, 2.75) is 44.7 Å². The number of nitrogens with one attached hydrogen (secondary N) is 1. The number of amides is 1. The van der Waals surface area contributed by atoms with Gasteiger partial charge in [0, 0.05) is 43.5 Å². The van der Waals surface area contributed by atoms with Gasteiger partial charge in [-0.1, -0.05) is 6.42 Å². The van der Waals surface area contributed by atoms with Crippen LogP contribution in [0.3, 0.4) is 0 Å². The average Bonchev–Trinajstić information content (AvgIpc) is 3.08. The summed E-state index contributed by atoms with van der Waals surface area (Å²) in [5.41, 5.74) is 7.49. The summed E-state index contributed by atoms with van der Waals surface area (Å²) in [7, 11) is 0. The van der Waals surface area contributed by atoms with Gasteiger partial charge < -0.3 is 11.1 Å². The van der Waals surface area contributed by atoms with E-state index in [9.17, 15) is 4.79 Å². The molecular formula is C16H25N3OS. The van der Waals surface area contributed by atoms with Crippen LogP contribution in [0.25, 0.3) is 0 Å². The number of carbonyl (C=O) groups is 1. The highest BCUT2D eigenvalue weighted by molar-refractivity contribution is 7.10. The van der Waals surface area contributed by atoms with Crippen molar-refractivity contribution in [1.29, 1.82) is 0 Å². The summed E-state index contributed by atoms with van der Waals surface area (Å²) in [4.78, 5) is 15.9. The van der Waals surface area contributed by atoms with Crippen LogP contribution in [0.4, 0.5) is 0 Å². The molecule has 21 heavy (non-hydrogen) atoms. The first-order chi connectivity index (χ1) is 10.2. The van der Waals surface area contributed by atoms with Gasteiger partial charge in [0.05, 0.1) is 0 Å². The molecule has 3 rings (SSSR count). The molecule has 0 bridgehead atoms. The molecule has 1 fully saturated rings. The lowest BCUT2D eigenvalue weighted by Gasteiger charge is -2.26. The van der Waals surface area contributed by atoms with Crippen molar-refractivity contribution in [1.82, 2.24) is 10.2 Å². The Morgan fingerprint density at radius 3 is 3.19 bits per heavy atom. The number of nitrogens with zero attached hydrogens (tertiary/aromatic N) is 1. The molecule has 0 saturated heterocycles. The van der Waals surface area contributed by atoms with Crippen LogP contribution >= 0.6 is 11.3 Å². The zero-order valence-corrected chi connectivity index (χ0v) is 13.3. The summed E-state index contributed by atoms with van der Waals surface area (Å²) in [6.45, 7) is 3.83. The van der Waals surface area contributed by atoms with E-state index in [2.05, 4.69) is 21.7 Å². The molecular weight excluding hydrogens is 282 g/mol. The third kappa shape index (κ3) is 3.84. The van der Waals surface area contributed by atoms with Gasteiger partial charge in [-0.3, -0.25) is 9.69 Å². The Labute approximate surface area is 130 Å². The third-order valence-corrected chi connectivity index (χ3v) is 5.83. The molecule has 3 N–H and O–H groups in total. The smallest absolute Gasteiger partial charge is 0.220 e. The monoisotopic (exact) mass is 307 g/mol. The number of carbonyl (C=O) groups excluding carboxylic acids is 1. The Kier molecular flexibility index (Phi) is 4.93. The van der Waals surface area contributed by atoms with E-state index in [4.69, 9.17) is 5.73 Å². The molecule has 116 valence electrons. The van der Waals surface area contributed by atoms with E-state index in [0.29, 0.717) is 12.3 Å². The van der Waals surface area contributed by atoms with Crippen LogP contribution in [-0.2, 0) is 17.8 Å². The molecule has 1 aromatic rings. The minimum atomic E-state index is 0.172. The van der Waals surface area contributed by atoms with Crippen LogP contribution in [0.5, 0.6) is 0 Å². The van der Waals surface area contributed by atoms with Crippen molar-refractivity contribution in [2.24, 2.45) is 11.7 Å². The fourth-order valence-corrected chi connectivity index (χ4v) is 4.37. The molecule has 2 aliphatic rings. The number of nitrogens with two attached hydrogens (primary N) is 1. The average molecular weight is 307 g/mol. The van der Waals surface area contributed by atoms with Crippen molar-refractivity contribution in [3.8, 4) is 0 Å². The Morgan fingerprint density at radius 2 is 2.38 bits per heavy atom. The van der Waals surface area contributed by atoms with Crippen molar-refractivity contribution < 1.29 is 4.79 Å². The number of hydrogen-bond donors (Lipinski definition) is 2. The van der Waals surface area contributed by atoms with E-state index in [1.807, 2.05) is 11.3 Å². The molecule has 5 heteroatoms. The molecule has 2 heterocycles. The standard InChI is InChI=1S/C16H25N3OS/c17-14-3-1-2-12(14)10-16(20)18-6-8-19-7-4-15-13(11-19)5-9-21-15/h5,9,12,14H,1-4,6-8,10-11,17H2,(H,18,20)/t12-,14+/m0/s1. The second kappa shape index (κ2) is 6.90. The van der Waals surface area contributed by atoms with Gasteiger partial charge in [0.1, 0.15) is 0 Å². The zero-order valence-electron chi connectivity index (χ0n) is 12.5. The van der Waals surface area contributed by atoms with Gasteiger partial charge in [0.25, 0.3) is 0 Å². The van der Waals surface area contributed by atoms with Crippen LogP contribution in [0.15, 0.2) is 11.4 Å². The first kappa shape index (κ1) is 15.0. The highest BCUT2D eigenvalue weighted by Gasteiger charge is 2.26. The maximum absolute atomic E-state index is 12.0. The van der Waals surface area contributed by atoms with Crippen LogP contribution in [0.1, 0.15) is 36.1 Å². The lowest BCUT2D eigenvalue weighted by molar-refractivity contribution is -0.122. The van der Waals surface area contributed by atoms with Gasteiger partial charge in [-0.2, -0.15) is 0 Å². The Balaban J connectivity index is 1.36. The molecule has 0 spiro atoms. The normalized spacial score (nSPS) is 25.8. The predicted molar refractivity (Wildman–Crippen MR) is 86.2 cm³/mol. The van der Waals surface area contributed by atoms with Crippen LogP contribution in [0.2, 0.25) is 0 Å². The van der Waals surface area contributed by atoms with E-state index in [0.717, 1.165) is 45.4 Å². The van der Waals surface area contributed by atoms with E-state index in [1.165, 1.54) is 16.9 Å². The molecule has 1 amide bonds. The van der Waals surface area contributed by atoms with E-state index in [-0.39, 0.29) is 11.9 Å². The zero-order chi connectivity index (χ0) is 14.7. The molecule has 1 aromatic heterocycles. The molecule has 0 aromatic carbocycles. The van der Waals surface area contributed by atoms with Crippen molar-refractivity contribution >= 4 is 17.2 Å². The lowest BCUT2D eigenvalue weighted by Crippen LogP contribution is -2.38. The minimum Gasteiger partial charge on any atom is -0.355 e. The van der Waals surface area contributed by atoms with Crippen LogP contribution in [0, 0.1) is 5.92 Å². The molecule has 2 atom stereocenters. The maximum Gasteiger partial charge on any atom is 0.220 e. The lowest BCUT2D eigenvalue weighted by atomic mass is 10.00. The van der Waals surface area contributed by atoms with Crippen molar-refractivity contribution in [3.63, 3.8) is 0 Å². The molecule has 1 aliphatic carbocycles. The molecule has 4 nitrogen and oxygen atoms in total. The number of fused-ring (bicyclic) bond motifs is 1. The highest BCUT2D eigenvalue weighted by Crippen LogP contribution is 2.26. The topological polar surface area (TPSA) is 58.4 Å². The minimum absolute atomic E-state index is 0.172. The van der Waals surface area contributed by atoms with Gasteiger partial charge in [-0.15, -0.1) is 11.3 Å². The number of rotatable bonds is 5. The van der Waals surface area contributed by atoms with Crippen LogP contribution in [-0.4, -0.2) is 36.5 Å². The summed E-state index contributed by atoms with van der Waals surface area (Å²) in [5, 5.41) is 5.24. The van der Waals surface area contributed by atoms with Crippen molar-refractivity contribution in [2.75, 3.05) is 19.6 Å². The number of hydrogen-bond acceptors (Lipinski definition) is 4. The summed E-state index contributed by atoms with van der Waals surface area (Å²) in [5.74, 6) is 0.568. The van der Waals surface area contributed by atoms with E-state index >= 15 is 0 Å². The highest BCUT2D eigenvalue weighted by atomic mass is 32.1. The maximum atomic E-state index is 12.0. The van der Waals surface area contributed by atoms with E-state index in [1.54, 1.807) is 0 Å². The fourth-order valence-electron chi connectivity index (χ4n) is 3.48. The largest absolute Gasteiger partial charge is 0.355 e. The Morgan fingerprint density at radius 1 is 1.48 bits per heavy atom. The van der Waals surface area contributed by atoms with E-state index < -0.39 is 0 Å². The Bertz CT molecular complexity index is 488. The molecule has 0 radical (unpaired) electrons. The summed E-state index contributed by atoms with van der Waals surface area (Å²) < 4.78 is 0. The first-order valence-corrected chi connectivity index (χ1v) is 8.90. The summed E-state index contributed by atoms with van der Waals surface area (Å²) in [6, 6.07) is 2.46. The predicted octanol–water partition coefficient (Wildman–Crippen LogP) is 1.74. The Hall–Kier alpha value is -0.910. The van der Waals surface area contributed by atoms with Gasteiger partial charge in [-0.25, -0.2) is 0 Å². The summed E-state index contributed by atoms with van der Waals surface area (Å²) in [6.07, 6.45) is 5.12. The van der Waals surface area contributed by atoms with Gasteiger partial charge in [0.15, 0.2) is 0 Å². The first-order valence-electron chi connectivity index (χ1n) is 8.02. The second-order valence-corrected chi connectivity index (χ2v) is 7.30. The number of thiophene rings is 1. The quantitative estimate of drug-likeness (QED) is 0.871. The molecule has 1 aliphatic heterocycles. The van der Waals surface area contributed by atoms with Gasteiger partial charge in [0.2, 0.25) is 5.91 Å². The SMILES string of the molecule is N[C@@H]1CCC[C@H]1CC(=O)NCCN1CCc2sccc2C1. The van der Waals surface area contributed by atoms with Gasteiger partial charge >= 0.3 is 0 Å². The van der Waals surface area contributed by atoms with Gasteiger partial charge in [-0.05, 0) is 42.2 Å². The molecule has 1 saturated carbocycles. The fraction of sp³-hybridized carbons (Fsp3) is 0.688.